The van der Waals surface area contributed by atoms with Crippen molar-refractivity contribution >= 4 is 23.6 Å². The van der Waals surface area contributed by atoms with Crippen LogP contribution < -0.4 is 5.32 Å². The van der Waals surface area contributed by atoms with Gasteiger partial charge in [-0.15, -0.1) is 0 Å². The lowest BCUT2D eigenvalue weighted by molar-refractivity contribution is -0.155. The first kappa shape index (κ1) is 16.3. The van der Waals surface area contributed by atoms with E-state index in [9.17, 15) is 9.59 Å². The Hall–Kier alpha value is -0.710. The Bertz CT molecular complexity index is 344. The van der Waals surface area contributed by atoms with E-state index in [-0.39, 0.29) is 23.8 Å². The van der Waals surface area contributed by atoms with Crippen LogP contribution in [0, 0.1) is 5.92 Å². The van der Waals surface area contributed by atoms with Crippen molar-refractivity contribution in [3.05, 3.63) is 0 Å². The molecule has 1 rings (SSSR count). The Morgan fingerprint density at radius 3 is 2.58 bits per heavy atom. The van der Waals surface area contributed by atoms with Crippen LogP contribution in [0.2, 0.25) is 0 Å². The maximum atomic E-state index is 12.5. The minimum Gasteiger partial charge on any atom is -0.340 e. The number of nitrogens with zero attached hydrogens (tertiary/aromatic N) is 1. The van der Waals surface area contributed by atoms with E-state index in [1.165, 1.54) is 0 Å². The fraction of sp³-hybridized carbons (Fsp3) is 0.857. The first-order valence-corrected chi connectivity index (χ1v) is 8.36. The van der Waals surface area contributed by atoms with E-state index < -0.39 is 5.54 Å². The average molecular weight is 286 g/mol. The number of nitrogens with one attached hydrogen (secondary N) is 1. The van der Waals surface area contributed by atoms with Crippen molar-refractivity contribution in [2.75, 3.05) is 18.6 Å². The molecule has 2 amide bonds. The number of carbonyl (C=O) groups is 2. The van der Waals surface area contributed by atoms with Gasteiger partial charge in [0, 0.05) is 6.54 Å². The van der Waals surface area contributed by atoms with Crippen LogP contribution in [0.15, 0.2) is 0 Å². The molecule has 5 heteroatoms. The summed E-state index contributed by atoms with van der Waals surface area (Å²) >= 11 is 1.77. The smallest absolute Gasteiger partial charge is 0.248 e. The third-order valence-electron chi connectivity index (χ3n) is 3.77. The van der Waals surface area contributed by atoms with Crippen LogP contribution in [-0.4, -0.2) is 46.8 Å². The molecule has 1 heterocycles. The van der Waals surface area contributed by atoms with Gasteiger partial charge in [0.05, 0.1) is 0 Å². The molecule has 0 aromatic carbocycles. The molecule has 0 bridgehead atoms. The minimum absolute atomic E-state index is 0.0110. The molecule has 0 aromatic heterocycles. The normalized spacial score (nSPS) is 24.3. The molecular formula is C14H26N2O2S. The van der Waals surface area contributed by atoms with E-state index in [4.69, 9.17) is 0 Å². The molecule has 2 unspecified atom stereocenters. The molecular weight excluding hydrogens is 260 g/mol. The number of carbonyl (C=O) groups excluding carboxylic acids is 2. The van der Waals surface area contributed by atoms with Crippen molar-refractivity contribution in [2.24, 2.45) is 5.92 Å². The summed E-state index contributed by atoms with van der Waals surface area (Å²) in [7, 11) is 0. The zero-order chi connectivity index (χ0) is 14.6. The van der Waals surface area contributed by atoms with Gasteiger partial charge in [0.25, 0.3) is 0 Å². The Morgan fingerprint density at radius 1 is 1.42 bits per heavy atom. The van der Waals surface area contributed by atoms with Gasteiger partial charge in [0.1, 0.15) is 11.6 Å². The largest absolute Gasteiger partial charge is 0.340 e. The Morgan fingerprint density at radius 2 is 2.05 bits per heavy atom. The van der Waals surface area contributed by atoms with Gasteiger partial charge in [-0.2, -0.15) is 11.8 Å². The van der Waals surface area contributed by atoms with Gasteiger partial charge < -0.3 is 10.2 Å². The lowest BCUT2D eigenvalue weighted by Gasteiger charge is -2.45. The molecule has 1 aliphatic heterocycles. The molecule has 0 aliphatic carbocycles. The van der Waals surface area contributed by atoms with E-state index in [0.29, 0.717) is 6.54 Å². The van der Waals surface area contributed by atoms with Gasteiger partial charge in [-0.05, 0) is 38.2 Å². The zero-order valence-electron chi connectivity index (χ0n) is 12.7. The SMILES string of the molecule is CCC(C)C1C(=O)NC(C)(C)C(=O)N1CCCSC. The van der Waals surface area contributed by atoms with E-state index in [1.54, 1.807) is 30.5 Å². The molecule has 110 valence electrons. The van der Waals surface area contributed by atoms with Crippen molar-refractivity contribution in [1.82, 2.24) is 10.2 Å². The van der Waals surface area contributed by atoms with E-state index in [0.717, 1.165) is 18.6 Å². The van der Waals surface area contributed by atoms with Crippen molar-refractivity contribution in [3.8, 4) is 0 Å². The number of rotatable bonds is 6. The monoisotopic (exact) mass is 286 g/mol. The molecule has 1 aliphatic rings. The van der Waals surface area contributed by atoms with Crippen LogP contribution >= 0.6 is 11.8 Å². The second-order valence-corrected chi connectivity index (χ2v) is 6.78. The van der Waals surface area contributed by atoms with Crippen LogP contribution in [0.1, 0.15) is 40.5 Å². The minimum atomic E-state index is -0.777. The molecule has 0 aromatic rings. The molecule has 0 radical (unpaired) electrons. The van der Waals surface area contributed by atoms with Gasteiger partial charge in [0.2, 0.25) is 11.8 Å². The highest BCUT2D eigenvalue weighted by molar-refractivity contribution is 7.98. The van der Waals surface area contributed by atoms with Crippen molar-refractivity contribution in [3.63, 3.8) is 0 Å². The quantitative estimate of drug-likeness (QED) is 0.759. The standard InChI is InChI=1S/C14H26N2O2S/c1-6-10(2)11-12(17)15-14(3,4)13(18)16(11)8-7-9-19-5/h10-11H,6-9H2,1-5H3,(H,15,17). The third-order valence-corrected chi connectivity index (χ3v) is 4.46. The Labute approximate surface area is 120 Å². The van der Waals surface area contributed by atoms with E-state index >= 15 is 0 Å². The summed E-state index contributed by atoms with van der Waals surface area (Å²) in [4.78, 5) is 26.6. The van der Waals surface area contributed by atoms with Crippen molar-refractivity contribution in [2.45, 2.75) is 52.1 Å². The lowest BCUT2D eigenvalue weighted by atomic mass is 9.89. The molecule has 0 saturated carbocycles. The van der Waals surface area contributed by atoms with Gasteiger partial charge in [-0.25, -0.2) is 0 Å². The average Bonchev–Trinajstić information content (AvgIpc) is 2.34. The predicted molar refractivity (Wildman–Crippen MR) is 80.2 cm³/mol. The summed E-state index contributed by atoms with van der Waals surface area (Å²) in [5.41, 5.74) is -0.777. The van der Waals surface area contributed by atoms with Crippen LogP contribution in [-0.2, 0) is 9.59 Å². The highest BCUT2D eigenvalue weighted by Gasteiger charge is 2.46. The van der Waals surface area contributed by atoms with Gasteiger partial charge in [-0.1, -0.05) is 20.3 Å². The highest BCUT2D eigenvalue weighted by Crippen LogP contribution is 2.24. The lowest BCUT2D eigenvalue weighted by Crippen LogP contribution is -2.69. The van der Waals surface area contributed by atoms with Gasteiger partial charge in [0.15, 0.2) is 0 Å². The number of hydrogen-bond acceptors (Lipinski definition) is 3. The summed E-state index contributed by atoms with van der Waals surface area (Å²) in [5.74, 6) is 1.23. The fourth-order valence-electron chi connectivity index (χ4n) is 2.47. The second-order valence-electron chi connectivity index (χ2n) is 5.79. The number of amides is 2. The zero-order valence-corrected chi connectivity index (χ0v) is 13.5. The summed E-state index contributed by atoms with van der Waals surface area (Å²) < 4.78 is 0. The summed E-state index contributed by atoms with van der Waals surface area (Å²) in [6.07, 6.45) is 3.88. The number of piperazine rings is 1. The second kappa shape index (κ2) is 6.64. The maximum Gasteiger partial charge on any atom is 0.248 e. The Balaban J connectivity index is 2.91. The molecule has 4 nitrogen and oxygen atoms in total. The first-order chi connectivity index (χ1) is 8.85. The number of thioether (sulfide) groups is 1. The summed E-state index contributed by atoms with van der Waals surface area (Å²) in [6, 6.07) is -0.313. The Kier molecular flexibility index (Phi) is 5.71. The summed E-state index contributed by atoms with van der Waals surface area (Å²) in [6.45, 7) is 8.33. The topological polar surface area (TPSA) is 49.4 Å². The number of hydrogen-bond donors (Lipinski definition) is 1. The predicted octanol–water partition coefficient (Wildman–Crippen LogP) is 1.89. The van der Waals surface area contributed by atoms with E-state index in [2.05, 4.69) is 18.5 Å². The van der Waals surface area contributed by atoms with Crippen molar-refractivity contribution < 1.29 is 9.59 Å². The van der Waals surface area contributed by atoms with Crippen LogP contribution in [0.5, 0.6) is 0 Å². The first-order valence-electron chi connectivity index (χ1n) is 6.97. The molecule has 19 heavy (non-hydrogen) atoms. The van der Waals surface area contributed by atoms with Crippen LogP contribution in [0.3, 0.4) is 0 Å². The third kappa shape index (κ3) is 3.65. The van der Waals surface area contributed by atoms with E-state index in [1.807, 2.05) is 6.92 Å². The fourth-order valence-corrected chi connectivity index (χ4v) is 2.89. The molecule has 1 fully saturated rings. The van der Waals surface area contributed by atoms with Crippen LogP contribution in [0.25, 0.3) is 0 Å². The van der Waals surface area contributed by atoms with Crippen molar-refractivity contribution in [1.29, 1.82) is 0 Å². The summed E-state index contributed by atoms with van der Waals surface area (Å²) in [5, 5.41) is 2.86. The molecule has 2 atom stereocenters. The maximum absolute atomic E-state index is 12.5. The van der Waals surface area contributed by atoms with Gasteiger partial charge >= 0.3 is 0 Å². The molecule has 0 spiro atoms. The molecule has 1 N–H and O–H groups in total. The molecule has 1 saturated heterocycles. The van der Waals surface area contributed by atoms with Gasteiger partial charge in [-0.3, -0.25) is 9.59 Å². The van der Waals surface area contributed by atoms with Crippen LogP contribution in [0.4, 0.5) is 0 Å². The highest BCUT2D eigenvalue weighted by atomic mass is 32.2.